The molecule has 38 heavy (non-hydrogen) atoms. The molecule has 224 valence electrons. The molecule has 0 aromatic carbocycles. The second-order valence-electron chi connectivity index (χ2n) is 10.1. The Morgan fingerprint density at radius 1 is 0.711 bits per heavy atom. The van der Waals surface area contributed by atoms with E-state index in [9.17, 15) is 9.13 Å². The smallest absolute Gasteiger partial charge is 0.352 e. The summed E-state index contributed by atoms with van der Waals surface area (Å²) >= 11 is 0. The van der Waals surface area contributed by atoms with Gasteiger partial charge in [0.1, 0.15) is 0 Å². The molecule has 0 unspecified atom stereocenters. The van der Waals surface area contributed by atoms with E-state index in [1.54, 1.807) is 27.7 Å². The number of rotatable bonds is 22. The standard InChI is InChI=1S/C29H56O7P2/c1-11-33-37(30,34-12-2)29(38(31,35-13-3)36-14-4,23-21-27(9)19-15-17-25(5)6)32-24-22-28(10)20-16-18-26(7)8/h17-18,21,28H,11-16,19-20,22-24H2,1-10H3/b27-21+/t28-/m0/s1. The summed E-state index contributed by atoms with van der Waals surface area (Å²) in [4.78, 5) is 0. The summed E-state index contributed by atoms with van der Waals surface area (Å²) in [6, 6.07) is 0. The average Bonchev–Trinajstić information content (AvgIpc) is 2.81. The average molecular weight is 579 g/mol. The van der Waals surface area contributed by atoms with Crippen molar-refractivity contribution in [2.45, 2.75) is 113 Å². The summed E-state index contributed by atoms with van der Waals surface area (Å²) in [6.45, 7) is 20.0. The van der Waals surface area contributed by atoms with E-state index in [1.807, 2.05) is 13.0 Å². The summed E-state index contributed by atoms with van der Waals surface area (Å²) in [7, 11) is -8.27. The monoisotopic (exact) mass is 578 g/mol. The Bertz CT molecular complexity index is 790. The third-order valence-electron chi connectivity index (χ3n) is 6.02. The Kier molecular flexibility index (Phi) is 19.3. The lowest BCUT2D eigenvalue weighted by Gasteiger charge is -2.41. The third-order valence-corrected chi connectivity index (χ3v) is 12.2. The van der Waals surface area contributed by atoms with Gasteiger partial charge in [-0.2, -0.15) is 0 Å². The molecule has 0 aliphatic rings. The van der Waals surface area contributed by atoms with Crippen LogP contribution in [0.1, 0.15) is 108 Å². The molecule has 0 bridgehead atoms. The first kappa shape index (κ1) is 37.5. The van der Waals surface area contributed by atoms with Crippen LogP contribution in [0.25, 0.3) is 0 Å². The molecule has 7 nitrogen and oxygen atoms in total. The molecule has 0 saturated heterocycles. The lowest BCUT2D eigenvalue weighted by atomic mass is 10.0. The molecule has 0 saturated carbocycles. The molecule has 1 atom stereocenters. The van der Waals surface area contributed by atoms with E-state index in [-0.39, 0.29) is 39.5 Å². The van der Waals surface area contributed by atoms with Crippen LogP contribution in [-0.2, 0) is 32.0 Å². The van der Waals surface area contributed by atoms with E-state index in [4.69, 9.17) is 22.8 Å². The maximum absolute atomic E-state index is 14.5. The van der Waals surface area contributed by atoms with E-state index in [2.05, 4.69) is 46.8 Å². The molecular formula is C29H56O7P2. The summed E-state index contributed by atoms with van der Waals surface area (Å²) in [5.41, 5.74) is 3.61. The highest BCUT2D eigenvalue weighted by molar-refractivity contribution is 7.74. The van der Waals surface area contributed by atoms with Crippen molar-refractivity contribution in [1.29, 1.82) is 0 Å². The van der Waals surface area contributed by atoms with Gasteiger partial charge in [0.25, 0.3) is 5.08 Å². The van der Waals surface area contributed by atoms with Crippen molar-refractivity contribution < 1.29 is 32.0 Å². The predicted molar refractivity (Wildman–Crippen MR) is 160 cm³/mol. The molecule has 0 amide bonds. The Hall–Kier alpha value is -0.520. The fourth-order valence-corrected chi connectivity index (χ4v) is 9.31. The fraction of sp³-hybridized carbons (Fsp3) is 0.793. The summed E-state index contributed by atoms with van der Waals surface area (Å²) in [5, 5.41) is -1.92. The van der Waals surface area contributed by atoms with Crippen LogP contribution in [0, 0.1) is 5.92 Å². The van der Waals surface area contributed by atoms with E-state index in [0.717, 1.165) is 31.3 Å². The van der Waals surface area contributed by atoms with E-state index < -0.39 is 20.3 Å². The molecule has 0 fully saturated rings. The van der Waals surface area contributed by atoms with Crippen molar-refractivity contribution >= 4 is 15.2 Å². The molecule has 0 heterocycles. The number of hydrogen-bond acceptors (Lipinski definition) is 7. The van der Waals surface area contributed by atoms with E-state index >= 15 is 0 Å². The summed E-state index contributed by atoms with van der Waals surface area (Å²) < 4.78 is 58.7. The molecule has 0 aliphatic heterocycles. The minimum absolute atomic E-state index is 0.0222. The van der Waals surface area contributed by atoms with E-state index in [0.29, 0.717) is 12.3 Å². The van der Waals surface area contributed by atoms with Gasteiger partial charge in [-0.1, -0.05) is 41.9 Å². The lowest BCUT2D eigenvalue weighted by Crippen LogP contribution is -2.37. The first-order valence-corrected chi connectivity index (χ1v) is 17.3. The SMILES string of the molecule is CCOP(=O)(OCC)C(C/C=C(\C)CCC=C(C)C)(OCC[C@@H](C)CCC=C(C)C)P(=O)(OCC)OCC. The van der Waals surface area contributed by atoms with E-state index in [1.165, 1.54) is 11.1 Å². The van der Waals surface area contributed by atoms with Crippen molar-refractivity contribution in [2.75, 3.05) is 33.0 Å². The Morgan fingerprint density at radius 2 is 1.16 bits per heavy atom. The van der Waals surface area contributed by atoms with Crippen LogP contribution in [0.4, 0.5) is 0 Å². The molecule has 0 aromatic heterocycles. The van der Waals surface area contributed by atoms with Crippen molar-refractivity contribution in [1.82, 2.24) is 0 Å². The normalized spacial score (nSPS) is 13.9. The quantitative estimate of drug-likeness (QED) is 0.0934. The zero-order valence-electron chi connectivity index (χ0n) is 25.8. The predicted octanol–water partition coefficient (Wildman–Crippen LogP) is 10.0. The number of ether oxygens (including phenoxy) is 1. The minimum Gasteiger partial charge on any atom is -0.352 e. The van der Waals surface area contributed by atoms with Crippen LogP contribution in [0.3, 0.4) is 0 Å². The largest absolute Gasteiger partial charge is 0.375 e. The molecule has 9 heteroatoms. The highest BCUT2D eigenvalue weighted by Crippen LogP contribution is 2.79. The van der Waals surface area contributed by atoms with Gasteiger partial charge in [0.05, 0.1) is 26.4 Å². The molecule has 0 aromatic rings. The molecule has 0 N–H and O–H groups in total. The molecule has 0 radical (unpaired) electrons. The Balaban J connectivity index is 6.54. The highest BCUT2D eigenvalue weighted by Gasteiger charge is 2.66. The van der Waals surface area contributed by atoms with Gasteiger partial charge >= 0.3 is 15.2 Å². The first-order valence-electron chi connectivity index (χ1n) is 14.2. The van der Waals surface area contributed by atoms with Crippen LogP contribution in [-0.4, -0.2) is 38.1 Å². The maximum atomic E-state index is 14.5. The van der Waals surface area contributed by atoms with Gasteiger partial charge in [0, 0.05) is 13.0 Å². The second-order valence-corrected chi connectivity index (χ2v) is 14.9. The second kappa shape index (κ2) is 19.5. The fourth-order valence-electron chi connectivity index (χ4n) is 3.97. The molecular weight excluding hydrogens is 522 g/mol. The third kappa shape index (κ3) is 12.3. The van der Waals surface area contributed by atoms with Crippen LogP contribution in [0.2, 0.25) is 0 Å². The summed E-state index contributed by atoms with van der Waals surface area (Å²) in [5.74, 6) is 0.349. The van der Waals surface area contributed by atoms with Crippen molar-refractivity contribution in [3.63, 3.8) is 0 Å². The van der Waals surface area contributed by atoms with Gasteiger partial charge in [-0.05, 0) is 100 Å². The van der Waals surface area contributed by atoms with Gasteiger partial charge in [-0.25, -0.2) is 0 Å². The zero-order valence-corrected chi connectivity index (χ0v) is 27.6. The Labute approximate surface area is 233 Å². The molecule has 0 rings (SSSR count). The van der Waals surface area contributed by atoms with Gasteiger partial charge in [-0.3, -0.25) is 9.13 Å². The molecule has 0 spiro atoms. The van der Waals surface area contributed by atoms with Crippen LogP contribution in [0.15, 0.2) is 34.9 Å². The van der Waals surface area contributed by atoms with Crippen LogP contribution >= 0.6 is 15.2 Å². The van der Waals surface area contributed by atoms with Gasteiger partial charge in [-0.15, -0.1) is 0 Å². The van der Waals surface area contributed by atoms with Gasteiger partial charge in [0.2, 0.25) is 0 Å². The van der Waals surface area contributed by atoms with Crippen molar-refractivity contribution in [3.8, 4) is 0 Å². The first-order chi connectivity index (χ1) is 17.9. The van der Waals surface area contributed by atoms with Crippen LogP contribution in [0.5, 0.6) is 0 Å². The number of hydrogen-bond donors (Lipinski definition) is 0. The van der Waals surface area contributed by atoms with Gasteiger partial charge in [0.15, 0.2) is 0 Å². The number of allylic oxidation sites excluding steroid dienone is 5. The van der Waals surface area contributed by atoms with Crippen molar-refractivity contribution in [3.05, 3.63) is 34.9 Å². The zero-order chi connectivity index (χ0) is 29.2. The molecule has 0 aliphatic carbocycles. The van der Waals surface area contributed by atoms with Crippen molar-refractivity contribution in [2.24, 2.45) is 5.92 Å². The maximum Gasteiger partial charge on any atom is 0.375 e. The highest BCUT2D eigenvalue weighted by atomic mass is 31.2. The van der Waals surface area contributed by atoms with Gasteiger partial charge < -0.3 is 22.8 Å². The minimum atomic E-state index is -4.13. The topological polar surface area (TPSA) is 80.3 Å². The van der Waals surface area contributed by atoms with Crippen LogP contribution < -0.4 is 0 Å². The Morgan fingerprint density at radius 3 is 1.58 bits per heavy atom. The lowest BCUT2D eigenvalue weighted by molar-refractivity contribution is 0.0117. The summed E-state index contributed by atoms with van der Waals surface area (Å²) in [6.07, 6.45) is 10.7.